The van der Waals surface area contributed by atoms with Gasteiger partial charge in [0.05, 0.1) is 21.8 Å². The number of rotatable bonds is 6. The second-order valence-corrected chi connectivity index (χ2v) is 7.73. The topological polar surface area (TPSA) is 191 Å². The van der Waals surface area contributed by atoms with Gasteiger partial charge >= 0.3 is 11.9 Å². The van der Waals surface area contributed by atoms with E-state index >= 15 is 0 Å². The molecule has 0 unspecified atom stereocenters. The average molecular weight is 446 g/mol. The van der Waals surface area contributed by atoms with Gasteiger partial charge in [-0.05, 0) is 55.0 Å². The maximum absolute atomic E-state index is 12.7. The third kappa shape index (κ3) is 4.57. The van der Waals surface area contributed by atoms with Crippen LogP contribution in [-0.2, 0) is 10.1 Å². The van der Waals surface area contributed by atoms with Crippen molar-refractivity contribution in [3.8, 4) is 5.69 Å². The fourth-order valence-electron chi connectivity index (χ4n) is 2.67. The number of aryl methyl sites for hydroxylation is 1. The number of aromatic amines is 1. The molecule has 0 aliphatic carbocycles. The number of hydrogen-bond donors (Lipinski definition) is 4. The Kier molecular flexibility index (Phi) is 5.55. The molecule has 0 aliphatic heterocycles. The summed E-state index contributed by atoms with van der Waals surface area (Å²) in [6, 6.07) is 8.51. The third-order valence-corrected chi connectivity index (χ3v) is 4.92. The number of hydrogen-bond acceptors (Lipinski definition) is 7. The summed E-state index contributed by atoms with van der Waals surface area (Å²) in [5, 5.41) is 28.3. The molecule has 0 atom stereocenters. The highest BCUT2D eigenvalue weighted by atomic mass is 32.2. The van der Waals surface area contributed by atoms with Crippen LogP contribution in [0.1, 0.15) is 26.4 Å². The number of carboxylic acids is 2. The lowest BCUT2D eigenvalue weighted by molar-refractivity contribution is 0.0682. The molecule has 1 heterocycles. The van der Waals surface area contributed by atoms with Crippen LogP contribution >= 0.6 is 0 Å². The Labute approximate surface area is 173 Å². The van der Waals surface area contributed by atoms with Crippen LogP contribution in [0, 0.1) is 6.92 Å². The van der Waals surface area contributed by atoms with Gasteiger partial charge in [0.15, 0.2) is 11.4 Å². The molecule has 0 saturated heterocycles. The zero-order valence-electron chi connectivity index (χ0n) is 15.7. The van der Waals surface area contributed by atoms with E-state index in [0.717, 1.165) is 16.8 Å². The first-order chi connectivity index (χ1) is 14.5. The number of H-pyrrole nitrogens is 1. The van der Waals surface area contributed by atoms with E-state index in [0.29, 0.717) is 5.56 Å². The van der Waals surface area contributed by atoms with Crippen molar-refractivity contribution in [2.45, 2.75) is 11.8 Å². The summed E-state index contributed by atoms with van der Waals surface area (Å²) in [4.78, 5) is 35.0. The second-order valence-electron chi connectivity index (χ2n) is 6.31. The largest absolute Gasteiger partial charge is 0.478 e. The molecule has 3 rings (SSSR count). The third-order valence-electron chi connectivity index (χ3n) is 4.05. The maximum atomic E-state index is 12.7. The van der Waals surface area contributed by atoms with Gasteiger partial charge in [0.1, 0.15) is 0 Å². The number of carboxylic acid groups (broad SMARTS) is 2. The SMILES string of the molecule is Cc1cc(N=Nc2c(C(=O)O)[nH]n(-c3ccc(S(=O)(=O)O)cc3)c2=O)cc(C(=O)O)c1. The molecule has 0 spiro atoms. The zero-order chi connectivity index (χ0) is 22.9. The van der Waals surface area contributed by atoms with Gasteiger partial charge in [-0.15, -0.1) is 5.11 Å². The predicted molar refractivity (Wildman–Crippen MR) is 105 cm³/mol. The Morgan fingerprint density at radius 2 is 1.65 bits per heavy atom. The Bertz CT molecular complexity index is 1380. The van der Waals surface area contributed by atoms with E-state index in [2.05, 4.69) is 15.3 Å². The van der Waals surface area contributed by atoms with Gasteiger partial charge in [-0.2, -0.15) is 13.5 Å². The van der Waals surface area contributed by atoms with Gasteiger partial charge in [-0.25, -0.2) is 14.3 Å². The molecule has 0 radical (unpaired) electrons. The lowest BCUT2D eigenvalue weighted by Crippen LogP contribution is -2.14. The fraction of sp³-hybridized carbons (Fsp3) is 0.0556. The van der Waals surface area contributed by atoms with Crippen molar-refractivity contribution in [2.24, 2.45) is 10.2 Å². The van der Waals surface area contributed by atoms with Crippen LogP contribution in [0.2, 0.25) is 0 Å². The van der Waals surface area contributed by atoms with Crippen LogP contribution in [-0.4, -0.2) is 44.9 Å². The molecule has 0 saturated carbocycles. The normalized spacial score (nSPS) is 11.7. The molecule has 0 aliphatic rings. The highest BCUT2D eigenvalue weighted by molar-refractivity contribution is 7.85. The highest BCUT2D eigenvalue weighted by Gasteiger charge is 2.21. The molecule has 2 aromatic carbocycles. The van der Waals surface area contributed by atoms with Crippen LogP contribution in [0.3, 0.4) is 0 Å². The summed E-state index contributed by atoms with van der Waals surface area (Å²) in [5.74, 6) is -2.70. The number of aromatic carboxylic acids is 2. The van der Waals surface area contributed by atoms with Crippen LogP contribution in [0.25, 0.3) is 5.69 Å². The monoisotopic (exact) mass is 446 g/mol. The Balaban J connectivity index is 2.07. The number of nitrogens with zero attached hydrogens (tertiary/aromatic N) is 3. The lowest BCUT2D eigenvalue weighted by atomic mass is 10.1. The molecule has 12 nitrogen and oxygen atoms in total. The smallest absolute Gasteiger partial charge is 0.356 e. The van der Waals surface area contributed by atoms with Gasteiger partial charge in [0, 0.05) is 0 Å². The molecule has 0 bridgehead atoms. The quantitative estimate of drug-likeness (QED) is 0.328. The van der Waals surface area contributed by atoms with Crippen LogP contribution in [0.4, 0.5) is 11.4 Å². The van der Waals surface area contributed by atoms with E-state index in [4.69, 9.17) is 9.66 Å². The molecule has 4 N–H and O–H groups in total. The van der Waals surface area contributed by atoms with Crippen LogP contribution < -0.4 is 5.56 Å². The van der Waals surface area contributed by atoms with E-state index in [1.165, 1.54) is 30.3 Å². The summed E-state index contributed by atoms with van der Waals surface area (Å²) >= 11 is 0. The average Bonchev–Trinajstić information content (AvgIpc) is 3.02. The first-order valence-corrected chi connectivity index (χ1v) is 9.84. The van der Waals surface area contributed by atoms with E-state index in [1.54, 1.807) is 6.92 Å². The molecule has 160 valence electrons. The maximum Gasteiger partial charge on any atom is 0.356 e. The van der Waals surface area contributed by atoms with Gasteiger partial charge in [-0.1, -0.05) is 0 Å². The van der Waals surface area contributed by atoms with E-state index < -0.39 is 43.9 Å². The summed E-state index contributed by atoms with van der Waals surface area (Å²) in [6.07, 6.45) is 0. The molecule has 0 fully saturated rings. The molecule has 1 aromatic heterocycles. The Morgan fingerprint density at radius 1 is 1.00 bits per heavy atom. The summed E-state index contributed by atoms with van der Waals surface area (Å²) < 4.78 is 32.1. The Morgan fingerprint density at radius 3 is 2.19 bits per heavy atom. The minimum atomic E-state index is -4.45. The summed E-state index contributed by atoms with van der Waals surface area (Å²) in [7, 11) is -4.45. The van der Waals surface area contributed by atoms with Crippen molar-refractivity contribution in [2.75, 3.05) is 0 Å². The molecular formula is C18H14N4O8S. The predicted octanol–water partition coefficient (Wildman–Crippen LogP) is 2.53. The van der Waals surface area contributed by atoms with Gasteiger partial charge in [-0.3, -0.25) is 14.4 Å². The minimum absolute atomic E-state index is 0.0576. The molecular weight excluding hydrogens is 432 g/mol. The molecule has 0 amide bonds. The van der Waals surface area contributed by atoms with Crippen molar-refractivity contribution in [3.05, 3.63) is 69.6 Å². The summed E-state index contributed by atoms with van der Waals surface area (Å²) in [5.41, 5.74) is -1.35. The molecule has 3 aromatic rings. The van der Waals surface area contributed by atoms with Gasteiger partial charge < -0.3 is 10.2 Å². The summed E-state index contributed by atoms with van der Waals surface area (Å²) in [6.45, 7) is 1.63. The number of benzene rings is 2. The fourth-order valence-corrected chi connectivity index (χ4v) is 3.15. The van der Waals surface area contributed by atoms with E-state index in [1.807, 2.05) is 0 Å². The molecule has 13 heteroatoms. The molecule has 31 heavy (non-hydrogen) atoms. The van der Waals surface area contributed by atoms with Crippen LogP contribution in [0.5, 0.6) is 0 Å². The van der Waals surface area contributed by atoms with E-state index in [9.17, 15) is 27.9 Å². The zero-order valence-corrected chi connectivity index (χ0v) is 16.5. The van der Waals surface area contributed by atoms with E-state index in [-0.39, 0.29) is 16.9 Å². The standard InChI is InChI=1S/C18H14N4O8S/c1-9-6-10(17(24)25)8-11(7-9)19-20-14-15(18(26)27)21-22(16(14)23)12-2-4-13(5-3-12)31(28,29)30/h2-8,21H,1H3,(H,24,25)(H,26,27)(H,28,29,30). The number of aromatic nitrogens is 2. The van der Waals surface area contributed by atoms with Gasteiger partial charge in [0.2, 0.25) is 0 Å². The number of carbonyl (C=O) groups is 2. The first-order valence-electron chi connectivity index (χ1n) is 8.40. The van der Waals surface area contributed by atoms with Crippen LogP contribution in [0.15, 0.2) is 62.4 Å². The van der Waals surface area contributed by atoms with Crippen molar-refractivity contribution in [1.82, 2.24) is 9.78 Å². The second kappa shape index (κ2) is 7.97. The van der Waals surface area contributed by atoms with Crippen molar-refractivity contribution < 1.29 is 32.8 Å². The van der Waals surface area contributed by atoms with Crippen molar-refractivity contribution >= 4 is 33.4 Å². The van der Waals surface area contributed by atoms with Crippen molar-refractivity contribution in [1.29, 1.82) is 0 Å². The van der Waals surface area contributed by atoms with Gasteiger partial charge in [0.25, 0.3) is 15.7 Å². The first kappa shape index (κ1) is 21.6. The number of nitrogens with one attached hydrogen (secondary N) is 1. The number of azo groups is 1. The minimum Gasteiger partial charge on any atom is -0.478 e. The lowest BCUT2D eigenvalue weighted by Gasteiger charge is -2.02. The van der Waals surface area contributed by atoms with Crippen molar-refractivity contribution in [3.63, 3.8) is 0 Å². The highest BCUT2D eigenvalue weighted by Crippen LogP contribution is 2.22. The Hall–Kier alpha value is -4.10.